The van der Waals surface area contributed by atoms with Crippen LogP contribution in [0.25, 0.3) is 0 Å². The van der Waals surface area contributed by atoms with Gasteiger partial charge in [0.1, 0.15) is 5.56 Å². The molecule has 116 valence electrons. The molecule has 0 saturated heterocycles. The van der Waals surface area contributed by atoms with Crippen LogP contribution in [-0.2, 0) is 0 Å². The number of nitrogens with two attached hydrogens (primary N) is 1. The molecule has 0 aromatic heterocycles. The molecular formula is C13H17Cl2N3O3. The van der Waals surface area contributed by atoms with Crippen molar-refractivity contribution in [3.8, 4) is 0 Å². The number of amides is 1. The third-order valence-corrected chi connectivity index (χ3v) is 3.91. The summed E-state index contributed by atoms with van der Waals surface area (Å²) in [6, 6.07) is 4.02. The fraction of sp³-hybridized carbons (Fsp3) is 0.462. The Morgan fingerprint density at radius 3 is 2.81 bits per heavy atom. The van der Waals surface area contributed by atoms with Crippen LogP contribution in [0.15, 0.2) is 18.2 Å². The minimum Gasteiger partial charge on any atom is -0.349 e. The molecule has 1 saturated carbocycles. The third-order valence-electron chi connectivity index (χ3n) is 3.68. The van der Waals surface area contributed by atoms with Gasteiger partial charge in [0.15, 0.2) is 0 Å². The van der Waals surface area contributed by atoms with E-state index in [1.165, 1.54) is 18.2 Å². The maximum Gasteiger partial charge on any atom is 0.283 e. The van der Waals surface area contributed by atoms with Gasteiger partial charge in [-0.15, -0.1) is 12.4 Å². The molecule has 3 N–H and O–H groups in total. The summed E-state index contributed by atoms with van der Waals surface area (Å²) in [5, 5.41) is 14.1. The summed E-state index contributed by atoms with van der Waals surface area (Å²) < 4.78 is 0. The number of carbonyl (C=O) groups excluding carboxylic acids is 1. The van der Waals surface area contributed by atoms with Gasteiger partial charge in [0.05, 0.1) is 4.92 Å². The molecule has 6 nitrogen and oxygen atoms in total. The van der Waals surface area contributed by atoms with Crippen LogP contribution >= 0.6 is 24.0 Å². The van der Waals surface area contributed by atoms with Crippen LogP contribution in [-0.4, -0.2) is 23.4 Å². The van der Waals surface area contributed by atoms with E-state index in [4.69, 9.17) is 17.3 Å². The van der Waals surface area contributed by atoms with Crippen molar-refractivity contribution < 1.29 is 9.72 Å². The van der Waals surface area contributed by atoms with E-state index in [1.54, 1.807) is 0 Å². The molecule has 0 spiro atoms. The van der Waals surface area contributed by atoms with Gasteiger partial charge in [0, 0.05) is 17.1 Å². The zero-order valence-electron chi connectivity index (χ0n) is 11.3. The zero-order valence-corrected chi connectivity index (χ0v) is 12.8. The number of nitro groups is 1. The molecule has 1 aromatic rings. The molecule has 1 aliphatic rings. The van der Waals surface area contributed by atoms with Gasteiger partial charge in [0.2, 0.25) is 0 Å². The number of rotatable bonds is 4. The maximum absolute atomic E-state index is 12.2. The molecule has 0 heterocycles. The van der Waals surface area contributed by atoms with Crippen molar-refractivity contribution in [2.75, 3.05) is 6.54 Å². The number of nitro benzene ring substituents is 1. The van der Waals surface area contributed by atoms with Crippen molar-refractivity contribution in [3.63, 3.8) is 0 Å². The first-order valence-corrected chi connectivity index (χ1v) is 6.85. The van der Waals surface area contributed by atoms with Crippen LogP contribution in [0.2, 0.25) is 5.02 Å². The van der Waals surface area contributed by atoms with E-state index in [1.807, 2.05) is 0 Å². The first-order chi connectivity index (χ1) is 9.52. The molecule has 1 fully saturated rings. The number of nitrogens with zero attached hydrogens (tertiary/aromatic N) is 1. The molecule has 0 radical (unpaired) electrons. The highest BCUT2D eigenvalue weighted by molar-refractivity contribution is 6.31. The van der Waals surface area contributed by atoms with Crippen LogP contribution in [0, 0.1) is 16.0 Å². The average Bonchev–Trinajstić information content (AvgIpc) is 2.85. The van der Waals surface area contributed by atoms with Crippen molar-refractivity contribution in [2.45, 2.75) is 25.3 Å². The molecule has 1 amide bonds. The predicted molar refractivity (Wildman–Crippen MR) is 83.0 cm³/mol. The Morgan fingerprint density at radius 1 is 1.48 bits per heavy atom. The van der Waals surface area contributed by atoms with Crippen molar-refractivity contribution in [1.29, 1.82) is 0 Å². The average molecular weight is 334 g/mol. The summed E-state index contributed by atoms with van der Waals surface area (Å²) in [5.41, 5.74) is 5.41. The molecule has 2 unspecified atom stereocenters. The van der Waals surface area contributed by atoms with E-state index < -0.39 is 10.8 Å². The summed E-state index contributed by atoms with van der Waals surface area (Å²) >= 11 is 5.73. The monoisotopic (exact) mass is 333 g/mol. The normalized spacial score (nSPS) is 20.7. The van der Waals surface area contributed by atoms with Gasteiger partial charge in [-0.3, -0.25) is 14.9 Å². The lowest BCUT2D eigenvalue weighted by molar-refractivity contribution is -0.385. The quantitative estimate of drug-likeness (QED) is 0.653. The first kappa shape index (κ1) is 17.7. The fourth-order valence-corrected chi connectivity index (χ4v) is 2.77. The second kappa shape index (κ2) is 7.59. The molecule has 0 bridgehead atoms. The van der Waals surface area contributed by atoms with Gasteiger partial charge in [0.25, 0.3) is 11.6 Å². The van der Waals surface area contributed by atoms with Gasteiger partial charge in [-0.25, -0.2) is 0 Å². The minimum absolute atomic E-state index is 0. The molecule has 2 atom stereocenters. The van der Waals surface area contributed by atoms with E-state index in [0.717, 1.165) is 19.3 Å². The first-order valence-electron chi connectivity index (χ1n) is 6.47. The topological polar surface area (TPSA) is 98.3 Å². The maximum atomic E-state index is 12.2. The zero-order chi connectivity index (χ0) is 14.7. The van der Waals surface area contributed by atoms with Gasteiger partial charge in [-0.05, 0) is 37.4 Å². The third kappa shape index (κ3) is 4.06. The van der Waals surface area contributed by atoms with Gasteiger partial charge < -0.3 is 11.1 Å². The highest BCUT2D eigenvalue weighted by Gasteiger charge is 2.29. The Morgan fingerprint density at radius 2 is 2.19 bits per heavy atom. The highest BCUT2D eigenvalue weighted by Crippen LogP contribution is 2.27. The Bertz CT molecular complexity index is 539. The van der Waals surface area contributed by atoms with E-state index in [0.29, 0.717) is 6.54 Å². The van der Waals surface area contributed by atoms with Crippen LogP contribution in [0.4, 0.5) is 5.69 Å². The fourth-order valence-electron chi connectivity index (χ4n) is 2.60. The number of carbonyl (C=O) groups is 1. The lowest BCUT2D eigenvalue weighted by Gasteiger charge is -2.19. The van der Waals surface area contributed by atoms with Crippen molar-refractivity contribution in [2.24, 2.45) is 11.7 Å². The number of hydrogen-bond acceptors (Lipinski definition) is 4. The molecule has 8 heteroatoms. The standard InChI is InChI=1S/C13H16ClN3O3.ClH/c14-9-4-5-10(12(6-9)17(19)20)13(18)16-11-3-1-2-8(11)7-15;/h4-6,8,11H,1-3,7,15H2,(H,16,18);1H. The molecular weight excluding hydrogens is 317 g/mol. The van der Waals surface area contributed by atoms with Crippen LogP contribution < -0.4 is 11.1 Å². The van der Waals surface area contributed by atoms with Gasteiger partial charge in [-0.1, -0.05) is 18.0 Å². The largest absolute Gasteiger partial charge is 0.349 e. The molecule has 2 rings (SSSR count). The molecule has 1 aliphatic carbocycles. The van der Waals surface area contributed by atoms with Crippen molar-refractivity contribution in [3.05, 3.63) is 38.9 Å². The molecule has 21 heavy (non-hydrogen) atoms. The van der Waals surface area contributed by atoms with Crippen molar-refractivity contribution in [1.82, 2.24) is 5.32 Å². The minimum atomic E-state index is -0.601. The van der Waals surface area contributed by atoms with Crippen LogP contribution in [0.3, 0.4) is 0 Å². The Balaban J connectivity index is 0.00000220. The smallest absolute Gasteiger partial charge is 0.283 e. The van der Waals surface area contributed by atoms with Crippen molar-refractivity contribution >= 4 is 35.6 Å². The van der Waals surface area contributed by atoms with E-state index >= 15 is 0 Å². The van der Waals surface area contributed by atoms with Crippen LogP contribution in [0.5, 0.6) is 0 Å². The van der Waals surface area contributed by atoms with E-state index in [2.05, 4.69) is 5.32 Å². The molecule has 1 aromatic carbocycles. The SMILES string of the molecule is Cl.NCC1CCCC1NC(=O)c1ccc(Cl)cc1[N+](=O)[O-]. The van der Waals surface area contributed by atoms with Gasteiger partial charge >= 0.3 is 0 Å². The number of hydrogen-bond donors (Lipinski definition) is 2. The summed E-state index contributed by atoms with van der Waals surface area (Å²) in [6.07, 6.45) is 2.84. The number of nitrogens with one attached hydrogen (secondary N) is 1. The summed E-state index contributed by atoms with van der Waals surface area (Å²) in [4.78, 5) is 22.6. The summed E-state index contributed by atoms with van der Waals surface area (Å²) in [7, 11) is 0. The summed E-state index contributed by atoms with van der Waals surface area (Å²) in [6.45, 7) is 0.508. The Labute approximate surface area is 133 Å². The Kier molecular flexibility index (Phi) is 6.39. The second-order valence-electron chi connectivity index (χ2n) is 4.93. The van der Waals surface area contributed by atoms with Gasteiger partial charge in [-0.2, -0.15) is 0 Å². The van der Waals surface area contributed by atoms with E-state index in [-0.39, 0.29) is 40.6 Å². The predicted octanol–water partition coefficient (Wildman–Crippen LogP) is 2.53. The summed E-state index contributed by atoms with van der Waals surface area (Å²) in [5.74, 6) is -0.205. The Hall–Kier alpha value is -1.37. The second-order valence-corrected chi connectivity index (χ2v) is 5.36. The number of benzene rings is 1. The highest BCUT2D eigenvalue weighted by atomic mass is 35.5. The lowest BCUT2D eigenvalue weighted by Crippen LogP contribution is -2.40. The molecule has 0 aliphatic heterocycles. The lowest BCUT2D eigenvalue weighted by atomic mass is 10.0. The van der Waals surface area contributed by atoms with Crippen LogP contribution in [0.1, 0.15) is 29.6 Å². The number of halogens is 2. The van der Waals surface area contributed by atoms with E-state index in [9.17, 15) is 14.9 Å².